The molecule has 0 N–H and O–H groups in total. The van der Waals surface area contributed by atoms with E-state index in [4.69, 9.17) is 0 Å². The van der Waals surface area contributed by atoms with Gasteiger partial charge in [-0.05, 0) is 43.1 Å². The summed E-state index contributed by atoms with van der Waals surface area (Å²) < 4.78 is 0. The van der Waals surface area contributed by atoms with Crippen molar-refractivity contribution in [1.29, 1.82) is 0 Å². The van der Waals surface area contributed by atoms with Gasteiger partial charge in [-0.3, -0.25) is 9.88 Å². The summed E-state index contributed by atoms with van der Waals surface area (Å²) in [6.07, 6.45) is 3.94. The lowest BCUT2D eigenvalue weighted by Crippen LogP contribution is -2.17. The molecule has 1 aromatic heterocycles. The first-order chi connectivity index (χ1) is 8.78. The SMILES string of the molecule is CSc1ccc(CN(C)Cc2ccccn2)cc1. The summed E-state index contributed by atoms with van der Waals surface area (Å²) in [4.78, 5) is 7.93. The lowest BCUT2D eigenvalue weighted by Gasteiger charge is -2.16. The van der Waals surface area contributed by atoms with Gasteiger partial charge in [0.2, 0.25) is 0 Å². The smallest absolute Gasteiger partial charge is 0.0543 e. The van der Waals surface area contributed by atoms with Gasteiger partial charge >= 0.3 is 0 Å². The third-order valence-corrected chi connectivity index (χ3v) is 3.51. The van der Waals surface area contributed by atoms with Crippen LogP contribution < -0.4 is 0 Å². The first kappa shape index (κ1) is 13.1. The van der Waals surface area contributed by atoms with Crippen molar-refractivity contribution in [3.63, 3.8) is 0 Å². The van der Waals surface area contributed by atoms with Crippen LogP contribution in [-0.4, -0.2) is 23.2 Å². The lowest BCUT2D eigenvalue weighted by molar-refractivity contribution is 0.315. The monoisotopic (exact) mass is 258 g/mol. The Balaban J connectivity index is 1.92. The molecule has 0 saturated heterocycles. The number of nitrogens with zero attached hydrogens (tertiary/aromatic N) is 2. The molecule has 94 valence electrons. The van der Waals surface area contributed by atoms with E-state index in [1.165, 1.54) is 10.5 Å². The van der Waals surface area contributed by atoms with Crippen LogP contribution in [0.15, 0.2) is 53.6 Å². The zero-order chi connectivity index (χ0) is 12.8. The topological polar surface area (TPSA) is 16.1 Å². The number of aromatic nitrogens is 1. The summed E-state index contributed by atoms with van der Waals surface area (Å²) in [6, 6.07) is 14.8. The average molecular weight is 258 g/mol. The highest BCUT2D eigenvalue weighted by molar-refractivity contribution is 7.98. The zero-order valence-electron chi connectivity index (χ0n) is 10.8. The number of pyridine rings is 1. The van der Waals surface area contributed by atoms with Crippen molar-refractivity contribution in [3.05, 3.63) is 59.9 Å². The normalized spacial score (nSPS) is 10.8. The van der Waals surface area contributed by atoms with Gasteiger partial charge < -0.3 is 0 Å². The van der Waals surface area contributed by atoms with E-state index in [0.29, 0.717) is 0 Å². The van der Waals surface area contributed by atoms with Crippen LogP contribution in [0.25, 0.3) is 0 Å². The minimum atomic E-state index is 0.880. The van der Waals surface area contributed by atoms with Crippen LogP contribution in [0.5, 0.6) is 0 Å². The molecule has 18 heavy (non-hydrogen) atoms. The second-order valence-electron chi connectivity index (χ2n) is 4.34. The Morgan fingerprint density at radius 2 is 1.83 bits per heavy atom. The molecule has 0 aliphatic carbocycles. The van der Waals surface area contributed by atoms with Crippen molar-refractivity contribution in [2.45, 2.75) is 18.0 Å². The fraction of sp³-hybridized carbons (Fsp3) is 0.267. The van der Waals surface area contributed by atoms with E-state index >= 15 is 0 Å². The summed E-state index contributed by atoms with van der Waals surface area (Å²) in [5, 5.41) is 0. The van der Waals surface area contributed by atoms with Crippen LogP contribution in [0, 0.1) is 0 Å². The molecular weight excluding hydrogens is 240 g/mol. The molecule has 0 bridgehead atoms. The summed E-state index contributed by atoms with van der Waals surface area (Å²) in [6.45, 7) is 1.83. The first-order valence-electron chi connectivity index (χ1n) is 5.99. The summed E-state index contributed by atoms with van der Waals surface area (Å²) >= 11 is 1.78. The minimum absolute atomic E-state index is 0.880. The largest absolute Gasteiger partial charge is 0.296 e. The van der Waals surface area contributed by atoms with Crippen molar-refractivity contribution in [2.75, 3.05) is 13.3 Å². The number of hydrogen-bond acceptors (Lipinski definition) is 3. The van der Waals surface area contributed by atoms with Crippen molar-refractivity contribution in [2.24, 2.45) is 0 Å². The van der Waals surface area contributed by atoms with Crippen molar-refractivity contribution >= 4 is 11.8 Å². The molecule has 0 spiro atoms. The highest BCUT2D eigenvalue weighted by atomic mass is 32.2. The van der Waals surface area contributed by atoms with E-state index < -0.39 is 0 Å². The molecule has 2 nitrogen and oxygen atoms in total. The van der Waals surface area contributed by atoms with Crippen LogP contribution in [0.4, 0.5) is 0 Å². The van der Waals surface area contributed by atoms with Gasteiger partial charge in [0.15, 0.2) is 0 Å². The number of hydrogen-bond donors (Lipinski definition) is 0. The average Bonchev–Trinajstić information content (AvgIpc) is 2.40. The van der Waals surface area contributed by atoms with Crippen molar-refractivity contribution in [3.8, 4) is 0 Å². The maximum atomic E-state index is 4.34. The Morgan fingerprint density at radius 3 is 2.44 bits per heavy atom. The molecule has 3 heteroatoms. The van der Waals surface area contributed by atoms with Gasteiger partial charge in [-0.2, -0.15) is 0 Å². The summed E-state index contributed by atoms with van der Waals surface area (Å²) in [7, 11) is 2.12. The fourth-order valence-corrected chi connectivity index (χ4v) is 2.27. The van der Waals surface area contributed by atoms with Crippen molar-refractivity contribution < 1.29 is 0 Å². The van der Waals surface area contributed by atoms with Gasteiger partial charge in [-0.25, -0.2) is 0 Å². The predicted molar refractivity (Wildman–Crippen MR) is 77.6 cm³/mol. The molecule has 0 atom stereocenters. The quantitative estimate of drug-likeness (QED) is 0.764. The van der Waals surface area contributed by atoms with Gasteiger partial charge in [-0.15, -0.1) is 11.8 Å². The second kappa shape index (κ2) is 6.57. The van der Waals surface area contributed by atoms with E-state index in [9.17, 15) is 0 Å². The molecule has 2 aromatic rings. The minimum Gasteiger partial charge on any atom is -0.296 e. The molecule has 1 aromatic carbocycles. The second-order valence-corrected chi connectivity index (χ2v) is 5.22. The van der Waals surface area contributed by atoms with Gasteiger partial charge in [0.25, 0.3) is 0 Å². The predicted octanol–water partition coefficient (Wildman–Crippen LogP) is 3.44. The Labute approximate surface area is 113 Å². The Hall–Kier alpha value is -1.32. The molecule has 0 radical (unpaired) electrons. The molecule has 2 rings (SSSR count). The van der Waals surface area contributed by atoms with Crippen LogP contribution in [0.2, 0.25) is 0 Å². The van der Waals surface area contributed by atoms with Crippen LogP contribution >= 0.6 is 11.8 Å². The molecule has 0 amide bonds. The highest BCUT2D eigenvalue weighted by Crippen LogP contribution is 2.15. The third-order valence-electron chi connectivity index (χ3n) is 2.77. The van der Waals surface area contributed by atoms with Crippen molar-refractivity contribution in [1.82, 2.24) is 9.88 Å². The van der Waals surface area contributed by atoms with E-state index in [0.717, 1.165) is 18.8 Å². The third kappa shape index (κ3) is 3.86. The fourth-order valence-electron chi connectivity index (χ4n) is 1.87. The van der Waals surface area contributed by atoms with E-state index in [1.54, 1.807) is 11.8 Å². The van der Waals surface area contributed by atoms with Gasteiger partial charge in [0, 0.05) is 24.2 Å². The molecule has 0 aliphatic heterocycles. The molecule has 0 unspecified atom stereocenters. The van der Waals surface area contributed by atoms with E-state index in [1.807, 2.05) is 18.3 Å². The summed E-state index contributed by atoms with van der Waals surface area (Å²) in [5.74, 6) is 0. The highest BCUT2D eigenvalue weighted by Gasteiger charge is 2.02. The van der Waals surface area contributed by atoms with Crippen LogP contribution in [-0.2, 0) is 13.1 Å². The van der Waals surface area contributed by atoms with Gasteiger partial charge in [0.1, 0.15) is 0 Å². The van der Waals surface area contributed by atoms with Gasteiger partial charge in [-0.1, -0.05) is 18.2 Å². The Kier molecular flexibility index (Phi) is 4.79. The Bertz CT molecular complexity index is 468. The Morgan fingerprint density at radius 1 is 1.06 bits per heavy atom. The standard InChI is InChI=1S/C15H18N2S/c1-17(12-14-5-3-4-10-16-14)11-13-6-8-15(18-2)9-7-13/h3-10H,11-12H2,1-2H3. The molecule has 0 saturated carbocycles. The van der Waals surface area contributed by atoms with E-state index in [2.05, 4.69) is 53.5 Å². The first-order valence-corrected chi connectivity index (χ1v) is 7.22. The van der Waals surface area contributed by atoms with Gasteiger partial charge in [0.05, 0.1) is 5.69 Å². The number of rotatable bonds is 5. The van der Waals surface area contributed by atoms with E-state index in [-0.39, 0.29) is 0 Å². The number of benzene rings is 1. The van der Waals surface area contributed by atoms with Crippen LogP contribution in [0.3, 0.4) is 0 Å². The molecule has 1 heterocycles. The molecular formula is C15H18N2S. The summed E-state index contributed by atoms with van der Waals surface area (Å²) in [5.41, 5.74) is 2.45. The molecule has 0 aliphatic rings. The maximum absolute atomic E-state index is 4.34. The maximum Gasteiger partial charge on any atom is 0.0543 e. The lowest BCUT2D eigenvalue weighted by atomic mass is 10.2. The number of thioether (sulfide) groups is 1. The molecule has 0 fully saturated rings. The zero-order valence-corrected chi connectivity index (χ0v) is 11.7. The van der Waals surface area contributed by atoms with Crippen LogP contribution in [0.1, 0.15) is 11.3 Å².